The molecule has 112 valence electrons. The molecule has 1 N–H and O–H groups in total. The van der Waals surface area contributed by atoms with Gasteiger partial charge in [0.25, 0.3) is 5.56 Å². The summed E-state index contributed by atoms with van der Waals surface area (Å²) < 4.78 is 7.91. The summed E-state index contributed by atoms with van der Waals surface area (Å²) in [6, 6.07) is 0. The second-order valence-electron chi connectivity index (χ2n) is 5.64. The highest BCUT2D eigenvalue weighted by molar-refractivity contribution is 7.71. The van der Waals surface area contributed by atoms with Crippen LogP contribution >= 0.6 is 23.6 Å². The Morgan fingerprint density at radius 2 is 2.38 bits per heavy atom. The van der Waals surface area contributed by atoms with Crippen molar-refractivity contribution >= 4 is 33.8 Å². The number of hydrogen-bond donors (Lipinski definition) is 1. The fourth-order valence-electron chi connectivity index (χ4n) is 2.72. The minimum absolute atomic E-state index is 0.0180. The largest absolute Gasteiger partial charge is 0.372 e. The fourth-order valence-corrected chi connectivity index (χ4v) is 4.18. The predicted molar refractivity (Wildman–Crippen MR) is 88.6 cm³/mol. The Balaban J connectivity index is 2.23. The van der Waals surface area contributed by atoms with Crippen molar-refractivity contribution in [2.24, 2.45) is 5.92 Å². The number of nitrogens with one attached hydrogen (secondary N) is 1. The van der Waals surface area contributed by atoms with Crippen LogP contribution in [0.4, 0.5) is 0 Å². The van der Waals surface area contributed by atoms with Crippen molar-refractivity contribution in [1.82, 2.24) is 9.55 Å². The number of aromatic nitrogens is 2. The Hall–Kier alpha value is -1.24. The van der Waals surface area contributed by atoms with Crippen LogP contribution in [0.5, 0.6) is 0 Å². The molecule has 1 atom stereocenters. The van der Waals surface area contributed by atoms with E-state index in [-0.39, 0.29) is 11.7 Å². The lowest BCUT2D eigenvalue weighted by atomic mass is 9.96. The number of aromatic amines is 1. The Labute approximate surface area is 132 Å². The van der Waals surface area contributed by atoms with Gasteiger partial charge in [-0.25, -0.2) is 0 Å². The van der Waals surface area contributed by atoms with Gasteiger partial charge in [-0.1, -0.05) is 19.9 Å². The quantitative estimate of drug-likeness (QED) is 0.696. The molecule has 3 heterocycles. The second-order valence-corrected chi connectivity index (χ2v) is 7.13. The molecule has 0 bridgehead atoms. The molecule has 3 rings (SSSR count). The summed E-state index contributed by atoms with van der Waals surface area (Å²) in [5, 5.41) is 0.777. The van der Waals surface area contributed by atoms with Gasteiger partial charge in [0.2, 0.25) is 0 Å². The molecule has 21 heavy (non-hydrogen) atoms. The van der Waals surface area contributed by atoms with Crippen LogP contribution in [0.3, 0.4) is 0 Å². The molecule has 0 unspecified atom stereocenters. The monoisotopic (exact) mass is 322 g/mol. The minimum atomic E-state index is -0.0180. The number of H-pyrrole nitrogens is 1. The van der Waals surface area contributed by atoms with Crippen molar-refractivity contribution in [2.75, 3.05) is 0 Å². The normalized spacial score (nSPS) is 18.1. The van der Waals surface area contributed by atoms with E-state index in [1.807, 2.05) is 0 Å². The van der Waals surface area contributed by atoms with Gasteiger partial charge in [0.1, 0.15) is 4.83 Å². The summed E-state index contributed by atoms with van der Waals surface area (Å²) in [7, 11) is 0. The molecule has 1 aliphatic rings. The van der Waals surface area contributed by atoms with Gasteiger partial charge >= 0.3 is 0 Å². The molecule has 2 aromatic heterocycles. The Morgan fingerprint density at radius 1 is 1.62 bits per heavy atom. The summed E-state index contributed by atoms with van der Waals surface area (Å²) >= 11 is 6.86. The Bertz CT molecular complexity index is 813. The van der Waals surface area contributed by atoms with Gasteiger partial charge in [0.05, 0.1) is 18.1 Å². The van der Waals surface area contributed by atoms with Crippen LogP contribution in [0.15, 0.2) is 17.4 Å². The van der Waals surface area contributed by atoms with Crippen LogP contribution in [-0.4, -0.2) is 15.7 Å². The number of nitrogens with zero attached hydrogens (tertiary/aromatic N) is 1. The first-order chi connectivity index (χ1) is 10.0. The maximum atomic E-state index is 12.7. The lowest BCUT2D eigenvalue weighted by Crippen LogP contribution is -2.28. The van der Waals surface area contributed by atoms with Crippen LogP contribution in [-0.2, 0) is 24.3 Å². The van der Waals surface area contributed by atoms with Gasteiger partial charge in [-0.15, -0.1) is 17.9 Å². The van der Waals surface area contributed by atoms with E-state index in [9.17, 15) is 4.79 Å². The zero-order chi connectivity index (χ0) is 15.1. The van der Waals surface area contributed by atoms with Crippen LogP contribution in [0.25, 0.3) is 10.2 Å². The highest BCUT2D eigenvalue weighted by Crippen LogP contribution is 2.34. The molecule has 0 saturated heterocycles. The van der Waals surface area contributed by atoms with Gasteiger partial charge in [0.15, 0.2) is 4.77 Å². The summed E-state index contributed by atoms with van der Waals surface area (Å²) in [6.07, 6.45) is 2.65. The molecule has 2 aromatic rings. The van der Waals surface area contributed by atoms with Crippen molar-refractivity contribution in [3.63, 3.8) is 0 Å². The molecule has 0 aromatic carbocycles. The van der Waals surface area contributed by atoms with Gasteiger partial charge in [-0.2, -0.15) is 0 Å². The Kier molecular flexibility index (Phi) is 3.86. The summed E-state index contributed by atoms with van der Waals surface area (Å²) in [5.41, 5.74) is 1.12. The molecular formula is C15H18N2O2S2. The maximum Gasteiger partial charge on any atom is 0.263 e. The first-order valence-corrected chi connectivity index (χ1v) is 8.25. The zero-order valence-electron chi connectivity index (χ0n) is 12.1. The molecule has 1 aliphatic heterocycles. The molecule has 0 radical (unpaired) electrons. The van der Waals surface area contributed by atoms with E-state index in [1.165, 1.54) is 0 Å². The van der Waals surface area contributed by atoms with Gasteiger partial charge in [-0.3, -0.25) is 9.36 Å². The number of thiophene rings is 1. The summed E-state index contributed by atoms with van der Waals surface area (Å²) in [6.45, 7) is 9.00. The third kappa shape index (κ3) is 2.41. The molecule has 0 fully saturated rings. The molecule has 0 aliphatic carbocycles. The summed E-state index contributed by atoms with van der Waals surface area (Å²) in [4.78, 5) is 17.9. The molecular weight excluding hydrogens is 304 g/mol. The number of allylic oxidation sites excluding steroid dienone is 1. The third-order valence-corrected chi connectivity index (χ3v) is 5.35. The van der Waals surface area contributed by atoms with Crippen molar-refractivity contribution in [3.8, 4) is 0 Å². The molecule has 6 heteroatoms. The van der Waals surface area contributed by atoms with Crippen LogP contribution in [0.2, 0.25) is 0 Å². The van der Waals surface area contributed by atoms with E-state index in [2.05, 4.69) is 25.4 Å². The topological polar surface area (TPSA) is 47.0 Å². The van der Waals surface area contributed by atoms with Crippen molar-refractivity contribution in [2.45, 2.75) is 39.5 Å². The lowest BCUT2D eigenvalue weighted by Gasteiger charge is -2.26. The molecule has 4 nitrogen and oxygen atoms in total. The Morgan fingerprint density at radius 3 is 3.05 bits per heavy atom. The van der Waals surface area contributed by atoms with Gasteiger partial charge < -0.3 is 9.72 Å². The highest BCUT2D eigenvalue weighted by atomic mass is 32.1. The minimum Gasteiger partial charge on any atom is -0.372 e. The first-order valence-electron chi connectivity index (χ1n) is 7.02. The van der Waals surface area contributed by atoms with Crippen molar-refractivity contribution in [1.29, 1.82) is 0 Å². The number of fused-ring (bicyclic) bond motifs is 3. The van der Waals surface area contributed by atoms with E-state index in [4.69, 9.17) is 17.0 Å². The van der Waals surface area contributed by atoms with E-state index in [0.29, 0.717) is 23.8 Å². The second kappa shape index (κ2) is 5.51. The summed E-state index contributed by atoms with van der Waals surface area (Å²) in [5.74, 6) is 0.436. The van der Waals surface area contributed by atoms with Crippen LogP contribution in [0, 0.1) is 10.7 Å². The van der Waals surface area contributed by atoms with Crippen molar-refractivity contribution < 1.29 is 4.74 Å². The van der Waals surface area contributed by atoms with Crippen molar-refractivity contribution in [3.05, 3.63) is 38.2 Å². The average Bonchev–Trinajstić information content (AvgIpc) is 2.80. The van der Waals surface area contributed by atoms with Crippen LogP contribution in [0.1, 0.15) is 24.3 Å². The molecule has 0 spiro atoms. The zero-order valence-corrected chi connectivity index (χ0v) is 13.8. The van der Waals surface area contributed by atoms with Crippen LogP contribution < -0.4 is 5.56 Å². The number of ether oxygens (including phenoxy) is 1. The highest BCUT2D eigenvalue weighted by Gasteiger charge is 2.27. The lowest BCUT2D eigenvalue weighted by molar-refractivity contribution is 0.00200. The average molecular weight is 322 g/mol. The van der Waals surface area contributed by atoms with Gasteiger partial charge in [0, 0.05) is 17.8 Å². The van der Waals surface area contributed by atoms with E-state index in [1.54, 1.807) is 22.0 Å². The SMILES string of the molecule is C=CCn1c(=S)[nH]c2sc3c(c2c1=O)C[C@H](C(C)C)OC3. The molecule has 0 amide bonds. The van der Waals surface area contributed by atoms with E-state index >= 15 is 0 Å². The predicted octanol–water partition coefficient (Wildman–Crippen LogP) is 3.40. The molecule has 0 saturated carbocycles. The van der Waals surface area contributed by atoms with Gasteiger partial charge in [-0.05, 0) is 23.7 Å². The standard InChI is InChI=1S/C15H18N2O2S2/c1-4-5-17-14(18)12-9-6-10(8(2)3)19-7-11(9)21-13(12)16-15(17)20/h4,8,10H,1,5-7H2,2-3H3,(H,16,20)/t10-/m1/s1. The maximum absolute atomic E-state index is 12.7. The third-order valence-electron chi connectivity index (χ3n) is 3.90. The smallest absolute Gasteiger partial charge is 0.263 e. The van der Waals surface area contributed by atoms with E-state index in [0.717, 1.165) is 27.1 Å². The first kappa shape index (κ1) is 14.7. The fraction of sp³-hybridized carbons (Fsp3) is 0.467. The van der Waals surface area contributed by atoms with E-state index < -0.39 is 0 Å². The number of rotatable bonds is 3. The number of hydrogen-bond acceptors (Lipinski definition) is 4.